The van der Waals surface area contributed by atoms with Crippen molar-refractivity contribution >= 4 is 5.91 Å². The van der Waals surface area contributed by atoms with Crippen molar-refractivity contribution in [1.82, 2.24) is 16.0 Å². The maximum Gasteiger partial charge on any atom is 0.278 e. The maximum absolute atomic E-state index is 11.9. The van der Waals surface area contributed by atoms with Crippen LogP contribution in [0.4, 0.5) is 0 Å². The van der Waals surface area contributed by atoms with Crippen molar-refractivity contribution in [3.63, 3.8) is 0 Å². The second-order valence-electron chi connectivity index (χ2n) is 3.34. The van der Waals surface area contributed by atoms with E-state index in [1.807, 2.05) is 26.8 Å². The first-order chi connectivity index (χ1) is 7.17. The highest BCUT2D eigenvalue weighted by molar-refractivity contribution is 5.92. The molecule has 0 spiro atoms. The highest BCUT2D eigenvalue weighted by atomic mass is 16.2. The van der Waals surface area contributed by atoms with Gasteiger partial charge in [0.05, 0.1) is 0 Å². The van der Waals surface area contributed by atoms with Crippen LogP contribution in [0, 0.1) is 0 Å². The number of carbonyl (C=O) groups excluding carboxylic acids is 1. The van der Waals surface area contributed by atoms with Crippen molar-refractivity contribution in [2.45, 2.75) is 40.5 Å². The summed E-state index contributed by atoms with van der Waals surface area (Å²) in [5.41, 5.74) is 6.72. The molecule has 15 heavy (non-hydrogen) atoms. The highest BCUT2D eigenvalue weighted by Crippen LogP contribution is 2.00. The molecule has 0 aromatic heterocycles. The lowest BCUT2D eigenvalue weighted by molar-refractivity contribution is -0.134. The zero-order valence-electron chi connectivity index (χ0n) is 10.3. The van der Waals surface area contributed by atoms with Crippen LogP contribution in [0.25, 0.3) is 0 Å². The number of unbranched alkanes of at least 4 members (excludes halogenated alkanes) is 1. The van der Waals surface area contributed by atoms with Gasteiger partial charge < -0.3 is 0 Å². The van der Waals surface area contributed by atoms with Gasteiger partial charge in [0.1, 0.15) is 0 Å². The molecule has 0 heterocycles. The number of nitrogens with zero attached hydrogens (tertiary/aromatic N) is 1. The van der Waals surface area contributed by atoms with Gasteiger partial charge in [0.15, 0.2) is 0 Å². The van der Waals surface area contributed by atoms with Crippen molar-refractivity contribution in [3.05, 3.63) is 11.6 Å². The summed E-state index contributed by atoms with van der Waals surface area (Å²) in [6.45, 7) is 9.31. The van der Waals surface area contributed by atoms with Crippen molar-refractivity contribution in [1.29, 1.82) is 0 Å². The fraction of sp³-hybridized carbons (Fsp3) is 0.727. The first-order valence-electron chi connectivity index (χ1n) is 5.65. The van der Waals surface area contributed by atoms with Crippen LogP contribution in [0.2, 0.25) is 0 Å². The molecule has 0 rings (SSSR count). The Morgan fingerprint density at radius 3 is 2.13 bits per heavy atom. The Bertz CT molecular complexity index is 208. The average molecular weight is 213 g/mol. The molecule has 0 saturated heterocycles. The lowest BCUT2D eigenvalue weighted by Crippen LogP contribution is -2.52. The van der Waals surface area contributed by atoms with Crippen LogP contribution >= 0.6 is 0 Å². The Hall–Kier alpha value is -0.870. The number of allylic oxidation sites excluding steroid dienone is 1. The third kappa shape index (κ3) is 5.54. The van der Waals surface area contributed by atoms with E-state index >= 15 is 0 Å². The van der Waals surface area contributed by atoms with Crippen LogP contribution in [0.15, 0.2) is 11.6 Å². The Morgan fingerprint density at radius 2 is 1.73 bits per heavy atom. The maximum atomic E-state index is 11.9. The molecule has 1 amide bonds. The number of carbonyl (C=O) groups is 1. The van der Waals surface area contributed by atoms with Gasteiger partial charge in [-0.25, -0.2) is 16.0 Å². The van der Waals surface area contributed by atoms with Crippen LogP contribution in [-0.2, 0) is 4.79 Å². The van der Waals surface area contributed by atoms with Crippen molar-refractivity contribution < 1.29 is 4.79 Å². The third-order valence-electron chi connectivity index (χ3n) is 1.91. The van der Waals surface area contributed by atoms with E-state index in [1.165, 1.54) is 5.12 Å². The summed E-state index contributed by atoms with van der Waals surface area (Å²) < 4.78 is 0. The van der Waals surface area contributed by atoms with Gasteiger partial charge in [0.25, 0.3) is 5.91 Å². The van der Waals surface area contributed by atoms with Crippen LogP contribution in [-0.4, -0.2) is 24.1 Å². The molecule has 0 unspecified atom stereocenters. The average Bonchev–Trinajstić information content (AvgIpc) is 2.24. The van der Waals surface area contributed by atoms with Gasteiger partial charge in [-0.3, -0.25) is 4.79 Å². The van der Waals surface area contributed by atoms with Gasteiger partial charge in [-0.05, 0) is 13.3 Å². The van der Waals surface area contributed by atoms with Gasteiger partial charge >= 0.3 is 0 Å². The van der Waals surface area contributed by atoms with Gasteiger partial charge in [-0.15, -0.1) is 0 Å². The molecule has 0 atom stereocenters. The third-order valence-corrected chi connectivity index (χ3v) is 1.91. The Balaban J connectivity index is 4.33. The Labute approximate surface area is 92.7 Å². The predicted molar refractivity (Wildman–Crippen MR) is 62.9 cm³/mol. The summed E-state index contributed by atoms with van der Waals surface area (Å²) in [6, 6.07) is 0. The number of nitrogens with one attached hydrogen (secondary N) is 2. The Kier molecular flexibility index (Phi) is 7.95. The summed E-state index contributed by atoms with van der Waals surface area (Å²) >= 11 is 0. The first kappa shape index (κ1) is 14.1. The quantitative estimate of drug-likeness (QED) is 0.499. The molecule has 4 nitrogen and oxygen atoms in total. The van der Waals surface area contributed by atoms with E-state index in [-0.39, 0.29) is 5.91 Å². The van der Waals surface area contributed by atoms with Crippen LogP contribution in [0.3, 0.4) is 0 Å². The van der Waals surface area contributed by atoms with Crippen molar-refractivity contribution in [3.8, 4) is 0 Å². The monoisotopic (exact) mass is 213 g/mol. The number of rotatable bonds is 7. The normalized spacial score (nSPS) is 11.6. The van der Waals surface area contributed by atoms with Crippen LogP contribution in [0.1, 0.15) is 40.5 Å². The largest absolute Gasteiger partial charge is 0.278 e. The van der Waals surface area contributed by atoms with Gasteiger partial charge in [-0.2, -0.15) is 0 Å². The Morgan fingerprint density at radius 1 is 1.20 bits per heavy atom. The van der Waals surface area contributed by atoms with Crippen LogP contribution in [0.5, 0.6) is 0 Å². The molecule has 88 valence electrons. The second-order valence-corrected chi connectivity index (χ2v) is 3.34. The number of amides is 1. The minimum atomic E-state index is -0.00727. The first-order valence-corrected chi connectivity index (χ1v) is 5.65. The SMILES string of the molecule is CCCC=C(C)C(=O)N(NCC)NCC. The molecular formula is C11H23N3O. The molecule has 0 saturated carbocycles. The molecule has 0 aliphatic heterocycles. The van der Waals surface area contributed by atoms with Crippen molar-refractivity contribution in [2.75, 3.05) is 13.1 Å². The zero-order valence-corrected chi connectivity index (χ0v) is 10.3. The molecule has 2 N–H and O–H groups in total. The van der Waals surface area contributed by atoms with E-state index in [0.29, 0.717) is 0 Å². The molecule has 0 aromatic rings. The van der Waals surface area contributed by atoms with E-state index in [0.717, 1.165) is 31.5 Å². The minimum absolute atomic E-state index is 0.00727. The predicted octanol–water partition coefficient (Wildman–Crippen LogP) is 1.61. The molecule has 0 radical (unpaired) electrons. The van der Waals surface area contributed by atoms with Crippen LogP contribution < -0.4 is 10.9 Å². The highest BCUT2D eigenvalue weighted by Gasteiger charge is 2.12. The van der Waals surface area contributed by atoms with Crippen molar-refractivity contribution in [2.24, 2.45) is 0 Å². The molecular weight excluding hydrogens is 190 g/mol. The fourth-order valence-electron chi connectivity index (χ4n) is 1.14. The zero-order chi connectivity index (χ0) is 11.7. The molecule has 0 aliphatic carbocycles. The molecule has 4 heteroatoms. The summed E-state index contributed by atoms with van der Waals surface area (Å²) in [6.07, 6.45) is 3.99. The number of hydrazine groups is 2. The van der Waals surface area contributed by atoms with E-state index in [1.54, 1.807) is 0 Å². The minimum Gasteiger partial charge on any atom is -0.267 e. The van der Waals surface area contributed by atoms with E-state index in [9.17, 15) is 4.79 Å². The molecule has 0 fully saturated rings. The lowest BCUT2D eigenvalue weighted by atomic mass is 10.2. The van der Waals surface area contributed by atoms with E-state index in [2.05, 4.69) is 17.8 Å². The molecule has 0 aromatic carbocycles. The second kappa shape index (κ2) is 8.44. The number of hydrogen-bond acceptors (Lipinski definition) is 3. The fourth-order valence-corrected chi connectivity index (χ4v) is 1.14. The van der Waals surface area contributed by atoms with Gasteiger partial charge in [0, 0.05) is 18.7 Å². The molecule has 0 aliphatic rings. The smallest absolute Gasteiger partial charge is 0.267 e. The van der Waals surface area contributed by atoms with E-state index in [4.69, 9.17) is 0 Å². The topological polar surface area (TPSA) is 44.4 Å². The lowest BCUT2D eigenvalue weighted by Gasteiger charge is -2.22. The summed E-state index contributed by atoms with van der Waals surface area (Å²) in [4.78, 5) is 11.9. The summed E-state index contributed by atoms with van der Waals surface area (Å²) in [5.74, 6) is -0.00727. The van der Waals surface area contributed by atoms with Gasteiger partial charge in [0.2, 0.25) is 0 Å². The van der Waals surface area contributed by atoms with E-state index < -0.39 is 0 Å². The number of hydrogen-bond donors (Lipinski definition) is 2. The van der Waals surface area contributed by atoms with Gasteiger partial charge in [-0.1, -0.05) is 33.3 Å². The molecule has 0 bridgehead atoms. The standard InChI is InChI=1S/C11H23N3O/c1-5-8-9-10(4)11(15)14(12-6-2)13-7-3/h9,12-13H,5-8H2,1-4H3. The summed E-state index contributed by atoms with van der Waals surface area (Å²) in [7, 11) is 0. The summed E-state index contributed by atoms with van der Waals surface area (Å²) in [5, 5.41) is 1.46.